The number of aromatic nitrogens is 2. The summed E-state index contributed by atoms with van der Waals surface area (Å²) >= 11 is 0. The molecule has 0 aliphatic heterocycles. The summed E-state index contributed by atoms with van der Waals surface area (Å²) in [7, 11) is 4.68. The van der Waals surface area contributed by atoms with E-state index >= 15 is 0 Å². The fourth-order valence-electron chi connectivity index (χ4n) is 3.09. The summed E-state index contributed by atoms with van der Waals surface area (Å²) in [6.45, 7) is 0. The van der Waals surface area contributed by atoms with Crippen molar-refractivity contribution in [2.45, 2.75) is 12.2 Å². The van der Waals surface area contributed by atoms with E-state index < -0.39 is 29.3 Å². The van der Waals surface area contributed by atoms with E-state index in [0.717, 1.165) is 12.1 Å². The molecule has 0 radical (unpaired) electrons. The molecule has 158 valence electrons. The zero-order valence-electron chi connectivity index (χ0n) is 16.5. The molecule has 1 aromatic heterocycles. The van der Waals surface area contributed by atoms with E-state index in [4.69, 9.17) is 9.47 Å². The number of imidazole rings is 1. The van der Waals surface area contributed by atoms with Crippen LogP contribution in [-0.4, -0.2) is 29.7 Å². The van der Waals surface area contributed by atoms with E-state index in [1.165, 1.54) is 32.5 Å². The molecule has 1 atom stereocenters. The Bertz CT molecular complexity index is 1020. The molecular weight excluding hydrogens is 399 g/mol. The Morgan fingerprint density at radius 3 is 2.27 bits per heavy atom. The van der Waals surface area contributed by atoms with E-state index in [1.807, 2.05) is 0 Å². The smallest absolute Gasteiger partial charge is 0.417 e. The Morgan fingerprint density at radius 1 is 1.10 bits per heavy atom. The van der Waals surface area contributed by atoms with Crippen molar-refractivity contribution >= 4 is 5.91 Å². The molecule has 1 N–H and O–H groups in total. The number of amides is 1. The fraction of sp³-hybridized carbons (Fsp3) is 0.238. The van der Waals surface area contributed by atoms with Crippen molar-refractivity contribution in [2.24, 2.45) is 7.05 Å². The molecule has 0 saturated carbocycles. The molecule has 0 saturated heterocycles. The van der Waals surface area contributed by atoms with Gasteiger partial charge in [0, 0.05) is 25.5 Å². The number of carbonyl (C=O) groups is 1. The van der Waals surface area contributed by atoms with Gasteiger partial charge in [0.1, 0.15) is 23.4 Å². The first-order valence-electron chi connectivity index (χ1n) is 8.92. The van der Waals surface area contributed by atoms with Crippen LogP contribution < -0.4 is 14.8 Å². The summed E-state index contributed by atoms with van der Waals surface area (Å²) in [5.74, 6) is 0.489. The summed E-state index contributed by atoms with van der Waals surface area (Å²) in [4.78, 5) is 17.2. The fourth-order valence-corrected chi connectivity index (χ4v) is 3.09. The highest BCUT2D eigenvalue weighted by atomic mass is 19.4. The molecule has 0 aliphatic carbocycles. The Balaban J connectivity index is 2.07. The number of ether oxygens (including phenoxy) is 2. The van der Waals surface area contributed by atoms with Crippen molar-refractivity contribution in [1.82, 2.24) is 14.9 Å². The van der Waals surface area contributed by atoms with Crippen molar-refractivity contribution in [3.8, 4) is 11.5 Å². The van der Waals surface area contributed by atoms with Gasteiger partial charge in [-0.3, -0.25) is 4.79 Å². The highest BCUT2D eigenvalue weighted by molar-refractivity contribution is 5.96. The van der Waals surface area contributed by atoms with Crippen molar-refractivity contribution in [3.05, 3.63) is 77.4 Å². The van der Waals surface area contributed by atoms with Gasteiger partial charge in [-0.15, -0.1) is 0 Å². The second kappa shape index (κ2) is 8.48. The van der Waals surface area contributed by atoms with Gasteiger partial charge >= 0.3 is 6.18 Å². The molecule has 1 heterocycles. The maximum atomic E-state index is 13.4. The van der Waals surface area contributed by atoms with E-state index in [1.54, 1.807) is 36.0 Å². The van der Waals surface area contributed by atoms with Gasteiger partial charge in [0.05, 0.1) is 25.3 Å². The second-order valence-corrected chi connectivity index (χ2v) is 6.49. The average molecular weight is 419 g/mol. The van der Waals surface area contributed by atoms with Crippen molar-refractivity contribution in [2.75, 3.05) is 14.2 Å². The van der Waals surface area contributed by atoms with Gasteiger partial charge in [-0.1, -0.05) is 12.1 Å². The number of hydrogen-bond acceptors (Lipinski definition) is 4. The number of halogens is 3. The molecule has 0 spiro atoms. The normalized spacial score (nSPS) is 12.3. The molecule has 6 nitrogen and oxygen atoms in total. The van der Waals surface area contributed by atoms with Crippen LogP contribution in [0.3, 0.4) is 0 Å². The minimum atomic E-state index is -4.66. The lowest BCUT2D eigenvalue weighted by Crippen LogP contribution is -2.32. The van der Waals surface area contributed by atoms with Crippen molar-refractivity contribution in [1.29, 1.82) is 0 Å². The monoisotopic (exact) mass is 419 g/mol. The zero-order valence-corrected chi connectivity index (χ0v) is 16.5. The number of alkyl halides is 3. The quantitative estimate of drug-likeness (QED) is 0.657. The molecule has 3 rings (SSSR count). The van der Waals surface area contributed by atoms with Gasteiger partial charge in [-0.05, 0) is 29.8 Å². The van der Waals surface area contributed by atoms with Crippen LogP contribution in [0.1, 0.15) is 33.4 Å². The zero-order chi connectivity index (χ0) is 21.9. The van der Waals surface area contributed by atoms with Crippen LogP contribution in [0.5, 0.6) is 11.5 Å². The van der Waals surface area contributed by atoms with Gasteiger partial charge in [0.15, 0.2) is 0 Å². The number of benzene rings is 2. The molecule has 2 aromatic carbocycles. The Labute approximate surface area is 171 Å². The SMILES string of the molecule is COc1cc(OC)cc([C@H](NC(=O)c2ccccc2C(F)(F)F)c2nccn2C)c1. The standard InChI is InChI=1S/C21H20F3N3O3/c1-27-9-8-25-19(27)18(13-10-14(29-2)12-15(11-13)30-3)26-20(28)16-6-4-5-7-17(16)21(22,23)24/h4-12,18H,1-3H3,(H,26,28)/t18-/m0/s1. The summed E-state index contributed by atoms with van der Waals surface area (Å²) < 4.78 is 52.4. The third-order valence-corrected chi connectivity index (χ3v) is 4.58. The summed E-state index contributed by atoms with van der Waals surface area (Å²) in [6, 6.07) is 8.77. The number of nitrogens with zero attached hydrogens (tertiary/aromatic N) is 2. The highest BCUT2D eigenvalue weighted by Gasteiger charge is 2.35. The van der Waals surface area contributed by atoms with Crippen LogP contribution in [0.15, 0.2) is 54.9 Å². The number of carbonyl (C=O) groups excluding carboxylic acids is 1. The van der Waals surface area contributed by atoms with E-state index in [-0.39, 0.29) is 0 Å². The third kappa shape index (κ3) is 4.40. The Hall–Kier alpha value is -3.49. The Morgan fingerprint density at radius 2 is 1.73 bits per heavy atom. The second-order valence-electron chi connectivity index (χ2n) is 6.49. The van der Waals surface area contributed by atoms with Gasteiger partial charge in [0.2, 0.25) is 0 Å². The van der Waals surface area contributed by atoms with Crippen LogP contribution >= 0.6 is 0 Å². The number of nitrogens with one attached hydrogen (secondary N) is 1. The number of hydrogen-bond donors (Lipinski definition) is 1. The largest absolute Gasteiger partial charge is 0.497 e. The minimum Gasteiger partial charge on any atom is -0.497 e. The summed E-state index contributed by atoms with van der Waals surface area (Å²) in [5, 5.41) is 2.67. The van der Waals surface area contributed by atoms with Crippen molar-refractivity contribution < 1.29 is 27.4 Å². The van der Waals surface area contributed by atoms with Gasteiger partial charge in [-0.2, -0.15) is 13.2 Å². The minimum absolute atomic E-state index is 0.433. The van der Waals surface area contributed by atoms with Crippen LogP contribution in [0, 0.1) is 0 Å². The molecule has 0 unspecified atom stereocenters. The first-order chi connectivity index (χ1) is 14.2. The van der Waals surface area contributed by atoms with Gasteiger partial charge < -0.3 is 19.4 Å². The topological polar surface area (TPSA) is 65.4 Å². The predicted octanol–water partition coefficient (Wildman–Crippen LogP) is 3.98. The van der Waals surface area contributed by atoms with Crippen molar-refractivity contribution in [3.63, 3.8) is 0 Å². The lowest BCUT2D eigenvalue weighted by molar-refractivity contribution is -0.137. The van der Waals surface area contributed by atoms with Gasteiger partial charge in [-0.25, -0.2) is 4.98 Å². The maximum Gasteiger partial charge on any atom is 0.417 e. The van der Waals surface area contributed by atoms with Crippen LogP contribution in [0.2, 0.25) is 0 Å². The van der Waals surface area contributed by atoms with Crippen LogP contribution in [0.4, 0.5) is 13.2 Å². The number of methoxy groups -OCH3 is 2. The third-order valence-electron chi connectivity index (χ3n) is 4.58. The van der Waals surface area contributed by atoms with E-state index in [0.29, 0.717) is 22.9 Å². The molecule has 0 fully saturated rings. The molecular formula is C21H20F3N3O3. The lowest BCUT2D eigenvalue weighted by atomic mass is 10.0. The van der Waals surface area contributed by atoms with E-state index in [2.05, 4.69) is 10.3 Å². The van der Waals surface area contributed by atoms with Crippen LogP contribution in [0.25, 0.3) is 0 Å². The highest BCUT2D eigenvalue weighted by Crippen LogP contribution is 2.33. The molecule has 9 heteroatoms. The molecule has 3 aromatic rings. The average Bonchev–Trinajstić information content (AvgIpc) is 3.16. The van der Waals surface area contributed by atoms with E-state index in [9.17, 15) is 18.0 Å². The first-order valence-corrected chi connectivity index (χ1v) is 8.92. The first kappa shape index (κ1) is 21.2. The molecule has 0 aliphatic rings. The molecule has 1 amide bonds. The lowest BCUT2D eigenvalue weighted by Gasteiger charge is -2.21. The Kier molecular flexibility index (Phi) is 6.00. The molecule has 30 heavy (non-hydrogen) atoms. The number of rotatable bonds is 6. The molecule has 0 bridgehead atoms. The number of aryl methyl sites for hydroxylation is 1. The van der Waals surface area contributed by atoms with Gasteiger partial charge in [0.25, 0.3) is 5.91 Å². The summed E-state index contributed by atoms with van der Waals surface area (Å²) in [5.41, 5.74) is -0.943. The van der Waals surface area contributed by atoms with Crippen LogP contribution in [-0.2, 0) is 13.2 Å². The maximum absolute atomic E-state index is 13.4. The predicted molar refractivity (Wildman–Crippen MR) is 104 cm³/mol. The summed E-state index contributed by atoms with van der Waals surface area (Å²) in [6.07, 6.45) is -1.45.